The van der Waals surface area contributed by atoms with E-state index in [9.17, 15) is 14.7 Å². The molecule has 1 saturated heterocycles. The van der Waals surface area contributed by atoms with E-state index in [1.54, 1.807) is 12.1 Å². The maximum absolute atomic E-state index is 12.7. The molecule has 2 heterocycles. The molecule has 0 aliphatic carbocycles. The minimum Gasteiger partial charge on any atom is -0.548 e. The molecule has 0 radical (unpaired) electrons. The Morgan fingerprint density at radius 1 is 1.33 bits per heavy atom. The Morgan fingerprint density at radius 2 is 2.04 bits per heavy atom. The largest absolute Gasteiger partial charge is 0.548 e. The molecule has 1 atom stereocenters. The number of hydrogen-bond donors (Lipinski definition) is 0. The molecular formula is C19H15BrNO4S2-. The van der Waals surface area contributed by atoms with Gasteiger partial charge in [-0.1, -0.05) is 65.4 Å². The number of halogens is 1. The molecule has 1 aromatic heterocycles. The highest BCUT2D eigenvalue weighted by Crippen LogP contribution is 2.35. The second-order valence-corrected chi connectivity index (χ2v) is 8.48. The molecule has 2 aromatic rings. The highest BCUT2D eigenvalue weighted by molar-refractivity contribution is 9.10. The molecule has 0 bridgehead atoms. The van der Waals surface area contributed by atoms with Gasteiger partial charge in [-0.3, -0.25) is 9.69 Å². The number of rotatable bonds is 6. The smallest absolute Gasteiger partial charge is 0.266 e. The second-order valence-electron chi connectivity index (χ2n) is 5.88. The lowest BCUT2D eigenvalue weighted by atomic mass is 10.1. The molecule has 1 amide bonds. The maximum Gasteiger partial charge on any atom is 0.266 e. The van der Waals surface area contributed by atoms with Gasteiger partial charge in [-0.2, -0.15) is 0 Å². The minimum atomic E-state index is -1.30. The number of furan rings is 1. The topological polar surface area (TPSA) is 73.6 Å². The van der Waals surface area contributed by atoms with E-state index >= 15 is 0 Å². The monoisotopic (exact) mass is 464 g/mol. The summed E-state index contributed by atoms with van der Waals surface area (Å²) in [6, 6.07) is 10.2. The molecule has 3 rings (SSSR count). The number of hydrogen-bond acceptors (Lipinski definition) is 6. The Bertz CT molecular complexity index is 920. The molecule has 0 saturated carbocycles. The molecule has 5 nitrogen and oxygen atoms in total. The molecule has 8 heteroatoms. The molecular weight excluding hydrogens is 450 g/mol. The lowest BCUT2D eigenvalue weighted by Gasteiger charge is -2.27. The van der Waals surface area contributed by atoms with Crippen molar-refractivity contribution in [3.05, 3.63) is 51.5 Å². The third-order valence-electron chi connectivity index (χ3n) is 4.00. The number of thiocarbonyl (C=S) groups is 1. The van der Waals surface area contributed by atoms with E-state index in [0.29, 0.717) is 22.8 Å². The summed E-state index contributed by atoms with van der Waals surface area (Å²) in [5.74, 6) is -0.573. The van der Waals surface area contributed by atoms with Gasteiger partial charge in [0.2, 0.25) is 0 Å². The van der Waals surface area contributed by atoms with E-state index < -0.39 is 17.9 Å². The number of carbonyl (C=O) groups excluding carboxylic acids is 2. The lowest BCUT2D eigenvalue weighted by molar-refractivity contribution is -0.310. The molecule has 140 valence electrons. The maximum atomic E-state index is 12.7. The third-order valence-corrected chi connectivity index (χ3v) is 5.86. The van der Waals surface area contributed by atoms with Crippen molar-refractivity contribution in [2.45, 2.75) is 25.8 Å². The quantitative estimate of drug-likeness (QED) is 0.477. The van der Waals surface area contributed by atoms with E-state index in [4.69, 9.17) is 16.6 Å². The minimum absolute atomic E-state index is 0.216. The number of carbonyl (C=O) groups is 2. The molecule has 27 heavy (non-hydrogen) atoms. The fourth-order valence-electron chi connectivity index (χ4n) is 2.70. The van der Waals surface area contributed by atoms with Gasteiger partial charge in [0.05, 0.1) is 16.9 Å². The normalized spacial score (nSPS) is 17.0. The molecule has 0 N–H and O–H groups in total. The Morgan fingerprint density at radius 3 is 2.67 bits per heavy atom. The van der Waals surface area contributed by atoms with Crippen molar-refractivity contribution >= 4 is 62.2 Å². The van der Waals surface area contributed by atoms with Gasteiger partial charge in [0.1, 0.15) is 15.8 Å². The molecule has 1 aromatic carbocycles. The zero-order valence-corrected chi connectivity index (χ0v) is 17.5. The van der Waals surface area contributed by atoms with Crippen LogP contribution in [0.25, 0.3) is 17.4 Å². The van der Waals surface area contributed by atoms with Crippen LogP contribution in [-0.4, -0.2) is 27.1 Å². The number of thioether (sulfide) groups is 1. The Balaban J connectivity index is 1.84. The Hall–Kier alpha value is -1.90. The Labute approximate surface area is 174 Å². The first-order valence-electron chi connectivity index (χ1n) is 8.24. The van der Waals surface area contributed by atoms with E-state index in [1.165, 1.54) is 0 Å². The van der Waals surface area contributed by atoms with E-state index in [0.717, 1.165) is 26.7 Å². The number of benzene rings is 1. The van der Waals surface area contributed by atoms with Crippen LogP contribution in [0.5, 0.6) is 0 Å². The van der Waals surface area contributed by atoms with E-state index in [1.807, 2.05) is 37.3 Å². The highest BCUT2D eigenvalue weighted by atomic mass is 79.9. The van der Waals surface area contributed by atoms with Crippen LogP contribution in [0.3, 0.4) is 0 Å². The molecule has 1 aliphatic rings. The van der Waals surface area contributed by atoms with Crippen molar-refractivity contribution in [3.8, 4) is 11.3 Å². The summed E-state index contributed by atoms with van der Waals surface area (Å²) >= 11 is 9.67. The average molecular weight is 465 g/mol. The van der Waals surface area contributed by atoms with Crippen LogP contribution in [0.15, 0.2) is 50.2 Å². The van der Waals surface area contributed by atoms with Crippen molar-refractivity contribution in [3.63, 3.8) is 0 Å². The summed E-state index contributed by atoms with van der Waals surface area (Å²) < 4.78 is 6.98. The van der Waals surface area contributed by atoms with Gasteiger partial charge in [-0.05, 0) is 30.7 Å². The zero-order chi connectivity index (χ0) is 19.6. The van der Waals surface area contributed by atoms with Crippen molar-refractivity contribution in [2.24, 2.45) is 0 Å². The zero-order valence-electron chi connectivity index (χ0n) is 14.3. The van der Waals surface area contributed by atoms with Crippen molar-refractivity contribution in [2.75, 3.05) is 0 Å². The van der Waals surface area contributed by atoms with Gasteiger partial charge < -0.3 is 14.3 Å². The van der Waals surface area contributed by atoms with E-state index in [2.05, 4.69) is 15.9 Å². The molecule has 1 aliphatic heterocycles. The summed E-state index contributed by atoms with van der Waals surface area (Å²) in [6.45, 7) is 1.84. The van der Waals surface area contributed by atoms with Crippen LogP contribution in [0, 0.1) is 0 Å². The first-order valence-corrected chi connectivity index (χ1v) is 10.3. The molecule has 0 spiro atoms. The van der Waals surface area contributed by atoms with Crippen LogP contribution in [0.2, 0.25) is 0 Å². The summed E-state index contributed by atoms with van der Waals surface area (Å²) in [4.78, 5) is 25.5. The number of carboxylic acids is 1. The fourth-order valence-corrected chi connectivity index (χ4v) is 4.30. The van der Waals surface area contributed by atoms with Gasteiger partial charge >= 0.3 is 0 Å². The van der Waals surface area contributed by atoms with Gasteiger partial charge in [0, 0.05) is 16.1 Å². The number of amides is 1. The molecule has 1 fully saturated rings. The van der Waals surface area contributed by atoms with Crippen molar-refractivity contribution in [1.29, 1.82) is 0 Å². The van der Waals surface area contributed by atoms with Gasteiger partial charge in [0.25, 0.3) is 5.91 Å². The number of nitrogens with zero attached hydrogens (tertiary/aromatic N) is 1. The first-order chi connectivity index (χ1) is 12.9. The number of carboxylic acid groups (broad SMARTS) is 1. The highest BCUT2D eigenvalue weighted by Gasteiger charge is 2.37. The fraction of sp³-hybridized carbons (Fsp3) is 0.211. The first kappa shape index (κ1) is 19.9. The van der Waals surface area contributed by atoms with Crippen LogP contribution in [0.4, 0.5) is 0 Å². The Kier molecular flexibility index (Phi) is 6.18. The standard InChI is InChI=1S/C19H16BrNO4S2/c1-2-3-14(18(23)24)21-17(22)16(27-19(21)26)10-13-8-9-15(25-13)11-4-6-12(20)7-5-11/h4-10,14H,2-3H2,1H3,(H,23,24)/p-1/b16-10-/t14-/m1/s1. The predicted octanol–water partition coefficient (Wildman–Crippen LogP) is 3.83. The SMILES string of the molecule is CCC[C@H](C(=O)[O-])N1C(=O)/C(=C/c2ccc(-c3ccc(Br)cc3)o2)SC1=S. The lowest BCUT2D eigenvalue weighted by Crippen LogP contribution is -2.49. The van der Waals surface area contributed by atoms with Crippen molar-refractivity contribution < 1.29 is 19.1 Å². The van der Waals surface area contributed by atoms with Crippen LogP contribution >= 0.6 is 39.9 Å². The van der Waals surface area contributed by atoms with E-state index in [-0.39, 0.29) is 10.7 Å². The van der Waals surface area contributed by atoms with Gasteiger partial charge in [0.15, 0.2) is 0 Å². The van der Waals surface area contributed by atoms with Crippen LogP contribution < -0.4 is 5.11 Å². The summed E-state index contributed by atoms with van der Waals surface area (Å²) in [5, 5.41) is 11.4. The predicted molar refractivity (Wildman–Crippen MR) is 111 cm³/mol. The van der Waals surface area contributed by atoms with Crippen LogP contribution in [-0.2, 0) is 9.59 Å². The van der Waals surface area contributed by atoms with Crippen LogP contribution in [0.1, 0.15) is 25.5 Å². The second kappa shape index (κ2) is 8.41. The average Bonchev–Trinajstić information content (AvgIpc) is 3.19. The molecule has 0 unspecified atom stereocenters. The van der Waals surface area contributed by atoms with Gasteiger partial charge in [-0.15, -0.1) is 0 Å². The number of aliphatic carboxylic acids is 1. The summed E-state index contributed by atoms with van der Waals surface area (Å²) in [5.41, 5.74) is 0.908. The summed E-state index contributed by atoms with van der Waals surface area (Å²) in [6.07, 6.45) is 2.47. The summed E-state index contributed by atoms with van der Waals surface area (Å²) in [7, 11) is 0. The third kappa shape index (κ3) is 4.34. The van der Waals surface area contributed by atoms with Gasteiger partial charge in [-0.25, -0.2) is 0 Å². The van der Waals surface area contributed by atoms with Crippen molar-refractivity contribution in [1.82, 2.24) is 4.90 Å².